The number of hydrogen-bond acceptors (Lipinski definition) is 7. The number of ether oxygens (including phenoxy) is 1. The van der Waals surface area contributed by atoms with Gasteiger partial charge in [0.05, 0.1) is 35.4 Å². The lowest BCUT2D eigenvalue weighted by molar-refractivity contribution is -0.145. The topological polar surface area (TPSA) is 100 Å². The quantitative estimate of drug-likeness (QED) is 0.577. The molecule has 0 aliphatic carbocycles. The van der Waals surface area contributed by atoms with E-state index < -0.39 is 23.9 Å². The SMILES string of the molecule is O=C(NCC(c1cnc(C(F)(F)F)nc1)N1CCOCC1)c1c(Cl)ccc2nc(O)ccc12. The second-order valence-electron chi connectivity index (χ2n) is 7.37. The molecule has 33 heavy (non-hydrogen) atoms. The van der Waals surface area contributed by atoms with Crippen molar-refractivity contribution in [2.24, 2.45) is 0 Å². The number of pyridine rings is 1. The van der Waals surface area contributed by atoms with Gasteiger partial charge >= 0.3 is 6.18 Å². The lowest BCUT2D eigenvalue weighted by Crippen LogP contribution is -2.44. The van der Waals surface area contributed by atoms with Crippen LogP contribution in [0.2, 0.25) is 5.02 Å². The molecule has 2 N–H and O–H groups in total. The second-order valence-corrected chi connectivity index (χ2v) is 7.78. The monoisotopic (exact) mass is 481 g/mol. The molecule has 1 aliphatic heterocycles. The number of alkyl halides is 3. The molecular formula is C21H19ClF3N5O3. The Morgan fingerprint density at radius 3 is 2.55 bits per heavy atom. The Kier molecular flexibility index (Phi) is 6.63. The molecular weight excluding hydrogens is 463 g/mol. The second kappa shape index (κ2) is 9.46. The molecule has 0 saturated carbocycles. The van der Waals surface area contributed by atoms with Gasteiger partial charge in [-0.25, -0.2) is 15.0 Å². The van der Waals surface area contributed by atoms with Crippen molar-refractivity contribution in [2.75, 3.05) is 32.8 Å². The average molecular weight is 482 g/mol. The Balaban J connectivity index is 1.59. The predicted molar refractivity (Wildman–Crippen MR) is 113 cm³/mol. The zero-order valence-corrected chi connectivity index (χ0v) is 17.9. The summed E-state index contributed by atoms with van der Waals surface area (Å²) in [6, 6.07) is 5.52. The smallest absolute Gasteiger partial charge is 0.451 e. The maximum absolute atomic E-state index is 13.1. The van der Waals surface area contributed by atoms with Crippen LogP contribution in [0.5, 0.6) is 5.88 Å². The van der Waals surface area contributed by atoms with E-state index in [1.54, 1.807) is 12.1 Å². The molecule has 0 spiro atoms. The molecule has 1 unspecified atom stereocenters. The third kappa shape index (κ3) is 5.15. The first-order valence-corrected chi connectivity index (χ1v) is 10.4. The van der Waals surface area contributed by atoms with E-state index in [0.717, 1.165) is 12.4 Å². The van der Waals surface area contributed by atoms with Crippen LogP contribution in [0.25, 0.3) is 10.9 Å². The highest BCUT2D eigenvalue weighted by atomic mass is 35.5. The molecule has 3 heterocycles. The van der Waals surface area contributed by atoms with Crippen LogP contribution < -0.4 is 5.32 Å². The number of aromatic hydroxyl groups is 1. The number of nitrogens with zero attached hydrogens (tertiary/aromatic N) is 4. The Labute approximate surface area is 191 Å². The zero-order valence-electron chi connectivity index (χ0n) is 17.1. The normalized spacial score (nSPS) is 16.0. The van der Waals surface area contributed by atoms with Gasteiger partial charge in [-0.2, -0.15) is 13.2 Å². The van der Waals surface area contributed by atoms with E-state index in [4.69, 9.17) is 16.3 Å². The molecule has 12 heteroatoms. The molecule has 4 rings (SSSR count). The number of halogens is 4. The number of amides is 1. The number of aromatic nitrogens is 3. The maximum Gasteiger partial charge on any atom is 0.451 e. The first-order chi connectivity index (χ1) is 15.7. The van der Waals surface area contributed by atoms with Gasteiger partial charge < -0.3 is 15.2 Å². The number of benzene rings is 1. The van der Waals surface area contributed by atoms with Gasteiger partial charge in [0.2, 0.25) is 11.7 Å². The van der Waals surface area contributed by atoms with Gasteiger partial charge in [0, 0.05) is 49.0 Å². The van der Waals surface area contributed by atoms with Gasteiger partial charge in [-0.1, -0.05) is 11.6 Å². The molecule has 1 fully saturated rings. The van der Waals surface area contributed by atoms with E-state index >= 15 is 0 Å². The third-order valence-electron chi connectivity index (χ3n) is 5.29. The summed E-state index contributed by atoms with van der Waals surface area (Å²) in [5, 5.41) is 13.1. The fraction of sp³-hybridized carbons (Fsp3) is 0.333. The van der Waals surface area contributed by atoms with Crippen molar-refractivity contribution in [3.05, 3.63) is 58.6 Å². The fourth-order valence-corrected chi connectivity index (χ4v) is 3.93. The first-order valence-electron chi connectivity index (χ1n) is 10.0. The molecule has 8 nitrogen and oxygen atoms in total. The van der Waals surface area contributed by atoms with E-state index in [0.29, 0.717) is 42.8 Å². The van der Waals surface area contributed by atoms with Gasteiger partial charge in [-0.05, 0) is 18.2 Å². The standard InChI is InChI=1S/C21H19ClF3N5O3/c22-14-2-3-15-13(1-4-17(31)29-15)18(14)19(32)26-11-16(30-5-7-33-8-6-30)12-9-27-20(28-10-12)21(23,24)25/h1-4,9-10,16H,5-8,11H2,(H,26,32)(H,29,31). The van der Waals surface area contributed by atoms with Gasteiger partial charge in [0.25, 0.3) is 5.91 Å². The molecule has 2 aromatic heterocycles. The molecule has 0 bridgehead atoms. The zero-order chi connectivity index (χ0) is 23.6. The van der Waals surface area contributed by atoms with Crippen molar-refractivity contribution in [1.29, 1.82) is 0 Å². The van der Waals surface area contributed by atoms with E-state index in [1.807, 2.05) is 4.90 Å². The molecule has 1 saturated heterocycles. The lowest BCUT2D eigenvalue weighted by Gasteiger charge is -2.34. The van der Waals surface area contributed by atoms with Crippen molar-refractivity contribution < 1.29 is 27.8 Å². The van der Waals surface area contributed by atoms with Crippen LogP contribution in [0, 0.1) is 0 Å². The van der Waals surface area contributed by atoms with Crippen molar-refractivity contribution in [2.45, 2.75) is 12.2 Å². The summed E-state index contributed by atoms with van der Waals surface area (Å²) in [5.41, 5.74) is 1.01. The number of hydrogen-bond donors (Lipinski definition) is 2. The highest BCUT2D eigenvalue weighted by molar-refractivity contribution is 6.35. The van der Waals surface area contributed by atoms with E-state index in [-0.39, 0.29) is 23.0 Å². The number of rotatable bonds is 5. The number of fused-ring (bicyclic) bond motifs is 1. The van der Waals surface area contributed by atoms with Crippen molar-refractivity contribution in [3.63, 3.8) is 0 Å². The average Bonchev–Trinajstić information content (AvgIpc) is 2.79. The molecule has 1 amide bonds. The van der Waals surface area contributed by atoms with E-state index in [9.17, 15) is 23.1 Å². The summed E-state index contributed by atoms with van der Waals surface area (Å²) in [5.74, 6) is -1.90. The molecule has 0 radical (unpaired) electrons. The van der Waals surface area contributed by atoms with Crippen molar-refractivity contribution in [1.82, 2.24) is 25.2 Å². The summed E-state index contributed by atoms with van der Waals surface area (Å²) in [4.78, 5) is 25.9. The summed E-state index contributed by atoms with van der Waals surface area (Å²) < 4.78 is 44.0. The minimum absolute atomic E-state index is 0.0752. The first kappa shape index (κ1) is 23.1. The predicted octanol–water partition coefficient (Wildman–Crippen LogP) is 3.21. The Morgan fingerprint density at radius 2 is 1.88 bits per heavy atom. The Hall–Kier alpha value is -3.02. The summed E-state index contributed by atoms with van der Waals surface area (Å²) >= 11 is 6.27. The number of morpholine rings is 1. The lowest BCUT2D eigenvalue weighted by atomic mass is 10.1. The Bertz CT molecular complexity index is 1150. The number of carbonyl (C=O) groups excluding carboxylic acids is 1. The van der Waals surface area contributed by atoms with Gasteiger partial charge in [-0.3, -0.25) is 9.69 Å². The van der Waals surface area contributed by atoms with Crippen molar-refractivity contribution >= 4 is 28.4 Å². The maximum atomic E-state index is 13.1. The van der Waals surface area contributed by atoms with Crippen LogP contribution in [-0.2, 0) is 10.9 Å². The number of carbonyl (C=O) groups is 1. The highest BCUT2D eigenvalue weighted by Crippen LogP contribution is 2.29. The van der Waals surface area contributed by atoms with Gasteiger partial charge in [-0.15, -0.1) is 0 Å². The highest BCUT2D eigenvalue weighted by Gasteiger charge is 2.35. The molecule has 174 valence electrons. The summed E-state index contributed by atoms with van der Waals surface area (Å²) in [6.07, 6.45) is -2.39. The van der Waals surface area contributed by atoms with Gasteiger partial charge in [0.15, 0.2) is 0 Å². The van der Waals surface area contributed by atoms with E-state index in [2.05, 4.69) is 20.3 Å². The molecule has 1 aliphatic rings. The minimum Gasteiger partial charge on any atom is -0.493 e. The number of nitrogens with one attached hydrogen (secondary N) is 1. The van der Waals surface area contributed by atoms with Crippen LogP contribution in [-0.4, -0.2) is 63.7 Å². The van der Waals surface area contributed by atoms with Crippen LogP contribution in [0.4, 0.5) is 13.2 Å². The third-order valence-corrected chi connectivity index (χ3v) is 5.60. The van der Waals surface area contributed by atoms with Crippen LogP contribution >= 0.6 is 11.6 Å². The summed E-state index contributed by atoms with van der Waals surface area (Å²) in [7, 11) is 0. The molecule has 1 aromatic carbocycles. The van der Waals surface area contributed by atoms with E-state index in [1.165, 1.54) is 12.1 Å². The van der Waals surface area contributed by atoms with Crippen LogP contribution in [0.3, 0.4) is 0 Å². The summed E-state index contributed by atoms with van der Waals surface area (Å²) in [6.45, 7) is 2.04. The van der Waals surface area contributed by atoms with Crippen LogP contribution in [0.15, 0.2) is 36.7 Å². The molecule has 3 aromatic rings. The fourth-order valence-electron chi connectivity index (χ4n) is 3.68. The molecule has 1 atom stereocenters. The Morgan fingerprint density at radius 1 is 1.18 bits per heavy atom. The van der Waals surface area contributed by atoms with Gasteiger partial charge in [0.1, 0.15) is 0 Å². The van der Waals surface area contributed by atoms with Crippen molar-refractivity contribution in [3.8, 4) is 5.88 Å². The van der Waals surface area contributed by atoms with Crippen LogP contribution in [0.1, 0.15) is 27.8 Å². The minimum atomic E-state index is -4.64. The largest absolute Gasteiger partial charge is 0.493 e.